The lowest BCUT2D eigenvalue weighted by Gasteiger charge is -2.33. The molecule has 0 amide bonds. The number of likely N-dealkylation sites (tertiary alicyclic amines) is 1. The Kier molecular flexibility index (Phi) is 7.79. The third-order valence-corrected chi connectivity index (χ3v) is 8.81. The molecule has 210 valence electrons. The van der Waals surface area contributed by atoms with Crippen molar-refractivity contribution >= 4 is 23.3 Å². The van der Waals surface area contributed by atoms with Crippen molar-refractivity contribution in [3.63, 3.8) is 0 Å². The van der Waals surface area contributed by atoms with Crippen LogP contribution in [0.2, 0.25) is 0 Å². The summed E-state index contributed by atoms with van der Waals surface area (Å²) in [5, 5.41) is 1.26. The minimum Gasteiger partial charge on any atom is -0.454 e. The molecule has 0 radical (unpaired) electrons. The Bertz CT molecular complexity index is 1630. The zero-order valence-electron chi connectivity index (χ0n) is 23.8. The van der Waals surface area contributed by atoms with Crippen LogP contribution in [0.5, 0.6) is 11.5 Å². The Morgan fingerprint density at radius 3 is 2.05 bits per heavy atom. The highest BCUT2D eigenvalue weighted by Gasteiger charge is 2.28. The molecular formula is C36H37ClN2O2. The van der Waals surface area contributed by atoms with E-state index in [-0.39, 0.29) is 19.2 Å². The van der Waals surface area contributed by atoms with E-state index < -0.39 is 0 Å². The number of ether oxygens (including phenoxy) is 2. The molecule has 5 aromatic rings. The quantitative estimate of drug-likeness (QED) is 0.207. The summed E-state index contributed by atoms with van der Waals surface area (Å²) in [6, 6.07) is 32.8. The number of halogens is 1. The fourth-order valence-electron chi connectivity index (χ4n) is 6.90. The van der Waals surface area contributed by atoms with Gasteiger partial charge in [0.15, 0.2) is 11.5 Å². The minimum atomic E-state index is 0. The summed E-state index contributed by atoms with van der Waals surface area (Å²) in [4.78, 5) is 2.66. The molecule has 0 saturated carbocycles. The van der Waals surface area contributed by atoms with Crippen LogP contribution in [-0.4, -0.2) is 29.3 Å². The first-order valence-corrected chi connectivity index (χ1v) is 14.5. The number of hydrogen-bond acceptors (Lipinski definition) is 3. The molecule has 2 aliphatic heterocycles. The molecule has 4 aromatic carbocycles. The van der Waals surface area contributed by atoms with Crippen LogP contribution in [0.15, 0.2) is 91.0 Å². The Morgan fingerprint density at radius 2 is 1.37 bits per heavy atom. The topological polar surface area (TPSA) is 26.6 Å². The highest BCUT2D eigenvalue weighted by Crippen LogP contribution is 2.43. The molecule has 7 rings (SSSR count). The lowest BCUT2D eigenvalue weighted by atomic mass is 9.84. The van der Waals surface area contributed by atoms with Crippen molar-refractivity contribution in [2.75, 3.05) is 19.9 Å². The number of rotatable bonds is 6. The number of nitrogens with zero attached hydrogens (tertiary/aromatic N) is 2. The number of aromatic nitrogens is 1. The zero-order valence-corrected chi connectivity index (χ0v) is 24.6. The maximum atomic E-state index is 5.87. The Balaban J connectivity index is 0.00000302. The zero-order chi connectivity index (χ0) is 27.1. The van der Waals surface area contributed by atoms with Gasteiger partial charge in [0.1, 0.15) is 0 Å². The molecule has 0 unspecified atom stereocenters. The van der Waals surface area contributed by atoms with Gasteiger partial charge in [0, 0.05) is 24.5 Å². The van der Waals surface area contributed by atoms with E-state index in [0.29, 0.717) is 5.92 Å². The second kappa shape index (κ2) is 11.6. The number of benzene rings is 4. The van der Waals surface area contributed by atoms with E-state index in [0.717, 1.165) is 37.7 Å². The van der Waals surface area contributed by atoms with Gasteiger partial charge in [-0.1, -0.05) is 78.9 Å². The van der Waals surface area contributed by atoms with Crippen LogP contribution in [0.4, 0.5) is 0 Å². The van der Waals surface area contributed by atoms with Crippen molar-refractivity contribution in [1.82, 2.24) is 9.47 Å². The normalized spacial score (nSPS) is 15.3. The summed E-state index contributed by atoms with van der Waals surface area (Å²) in [7, 11) is 0. The second-order valence-corrected chi connectivity index (χ2v) is 11.3. The molecule has 4 nitrogen and oxygen atoms in total. The van der Waals surface area contributed by atoms with Crippen molar-refractivity contribution < 1.29 is 9.47 Å². The highest BCUT2D eigenvalue weighted by atomic mass is 35.5. The predicted octanol–water partition coefficient (Wildman–Crippen LogP) is 8.50. The number of hydrogen-bond donors (Lipinski definition) is 0. The summed E-state index contributed by atoms with van der Waals surface area (Å²) in [6.45, 7) is 8.75. The molecule has 0 atom stereocenters. The van der Waals surface area contributed by atoms with Gasteiger partial charge in [-0.2, -0.15) is 0 Å². The predicted molar refractivity (Wildman–Crippen MR) is 169 cm³/mol. The fourth-order valence-corrected chi connectivity index (χ4v) is 6.90. The van der Waals surface area contributed by atoms with E-state index in [2.05, 4.69) is 114 Å². The standard InChI is InChI=1S/C36H36N2O2.ClH/c1-25-10-9-11-26(2)35(25)28-16-18-37(19-17-28)23-31-30-20-33-34(40-24-39-33)21-32(30)38(22-27-12-5-3-6-13-27)36(31)29-14-7-4-8-15-29;/h3-15,20-21,28H,16-19,22-24H2,1-2H3;1H. The molecule has 0 N–H and O–H groups in total. The first-order chi connectivity index (χ1) is 19.7. The van der Waals surface area contributed by atoms with Gasteiger partial charge >= 0.3 is 0 Å². The van der Waals surface area contributed by atoms with Gasteiger partial charge in [-0.05, 0) is 85.1 Å². The summed E-state index contributed by atoms with van der Waals surface area (Å²) in [6.07, 6.45) is 2.39. The van der Waals surface area contributed by atoms with Gasteiger partial charge in [0.25, 0.3) is 0 Å². The van der Waals surface area contributed by atoms with Crippen LogP contribution < -0.4 is 9.47 Å². The average molecular weight is 565 g/mol. The smallest absolute Gasteiger partial charge is 0.231 e. The maximum absolute atomic E-state index is 5.87. The van der Waals surface area contributed by atoms with Gasteiger partial charge < -0.3 is 14.0 Å². The molecule has 41 heavy (non-hydrogen) atoms. The maximum Gasteiger partial charge on any atom is 0.231 e. The van der Waals surface area contributed by atoms with Gasteiger partial charge in [0.2, 0.25) is 6.79 Å². The highest BCUT2D eigenvalue weighted by molar-refractivity contribution is 5.94. The van der Waals surface area contributed by atoms with E-state index in [1.54, 1.807) is 5.56 Å². The van der Waals surface area contributed by atoms with E-state index in [1.807, 2.05) is 0 Å². The van der Waals surface area contributed by atoms with Crippen molar-refractivity contribution in [2.45, 2.75) is 45.7 Å². The van der Waals surface area contributed by atoms with Crippen molar-refractivity contribution in [3.05, 3.63) is 119 Å². The SMILES string of the molecule is Cc1cccc(C)c1C1CCN(Cc2c(-c3ccccc3)n(Cc3ccccc3)c3cc4c(cc23)OCO4)CC1.Cl. The van der Waals surface area contributed by atoms with E-state index in [1.165, 1.54) is 57.3 Å². The molecule has 1 saturated heterocycles. The summed E-state index contributed by atoms with van der Waals surface area (Å²) >= 11 is 0. The molecule has 1 aromatic heterocycles. The van der Waals surface area contributed by atoms with Gasteiger partial charge in [-0.25, -0.2) is 0 Å². The largest absolute Gasteiger partial charge is 0.454 e. The molecule has 0 aliphatic carbocycles. The van der Waals surface area contributed by atoms with Gasteiger partial charge in [-0.3, -0.25) is 4.90 Å². The van der Waals surface area contributed by atoms with E-state index >= 15 is 0 Å². The Morgan fingerprint density at radius 1 is 0.732 bits per heavy atom. The van der Waals surface area contributed by atoms with Crippen LogP contribution in [0.25, 0.3) is 22.2 Å². The monoisotopic (exact) mass is 564 g/mol. The molecular weight excluding hydrogens is 528 g/mol. The molecule has 3 heterocycles. The van der Waals surface area contributed by atoms with Gasteiger partial charge in [-0.15, -0.1) is 12.4 Å². The van der Waals surface area contributed by atoms with Crippen LogP contribution >= 0.6 is 12.4 Å². The number of aryl methyl sites for hydroxylation is 2. The molecule has 1 fully saturated rings. The molecule has 5 heteroatoms. The van der Waals surface area contributed by atoms with Crippen LogP contribution in [0.3, 0.4) is 0 Å². The van der Waals surface area contributed by atoms with Crippen molar-refractivity contribution in [1.29, 1.82) is 0 Å². The van der Waals surface area contributed by atoms with Crippen molar-refractivity contribution in [2.24, 2.45) is 0 Å². The fraction of sp³-hybridized carbons (Fsp3) is 0.278. The van der Waals surface area contributed by atoms with E-state index in [9.17, 15) is 0 Å². The second-order valence-electron chi connectivity index (χ2n) is 11.3. The third kappa shape index (κ3) is 5.23. The van der Waals surface area contributed by atoms with Crippen LogP contribution in [0.1, 0.15) is 46.6 Å². The summed E-state index contributed by atoms with van der Waals surface area (Å²) in [5.74, 6) is 2.32. The molecule has 0 bridgehead atoms. The van der Waals surface area contributed by atoms with Crippen LogP contribution in [0, 0.1) is 13.8 Å². The average Bonchev–Trinajstić information content (AvgIpc) is 3.56. The first kappa shape index (κ1) is 27.4. The van der Waals surface area contributed by atoms with Crippen molar-refractivity contribution in [3.8, 4) is 22.8 Å². The molecule has 2 aliphatic rings. The molecule has 0 spiro atoms. The Labute approximate surface area is 248 Å². The number of piperidine rings is 1. The minimum absolute atomic E-state index is 0. The summed E-state index contributed by atoms with van der Waals surface area (Å²) in [5.41, 5.74) is 10.8. The number of fused-ring (bicyclic) bond motifs is 2. The lowest BCUT2D eigenvalue weighted by molar-refractivity contribution is 0.174. The van der Waals surface area contributed by atoms with Gasteiger partial charge in [0.05, 0.1) is 11.2 Å². The Hall–Kier alpha value is -3.73. The van der Waals surface area contributed by atoms with Crippen LogP contribution in [-0.2, 0) is 13.1 Å². The first-order valence-electron chi connectivity index (χ1n) is 14.5. The summed E-state index contributed by atoms with van der Waals surface area (Å²) < 4.78 is 14.2. The lowest BCUT2D eigenvalue weighted by Crippen LogP contribution is -2.33. The third-order valence-electron chi connectivity index (χ3n) is 8.81. The van der Waals surface area contributed by atoms with E-state index in [4.69, 9.17) is 9.47 Å².